The van der Waals surface area contributed by atoms with Gasteiger partial charge in [0.15, 0.2) is 0 Å². The van der Waals surface area contributed by atoms with E-state index in [1.807, 2.05) is 13.0 Å². The Kier molecular flexibility index (Phi) is 3.35. The minimum absolute atomic E-state index is 0.0883. The third-order valence-electron chi connectivity index (χ3n) is 2.33. The van der Waals surface area contributed by atoms with Gasteiger partial charge in [-0.15, -0.1) is 0 Å². The SMILES string of the molecule is Cc1cc(CNc2ccc(S(N)(=O)=O)cc2)no1. The van der Waals surface area contributed by atoms with E-state index >= 15 is 0 Å². The highest BCUT2D eigenvalue weighted by Gasteiger charge is 2.06. The lowest BCUT2D eigenvalue weighted by molar-refractivity contribution is 0.391. The monoisotopic (exact) mass is 267 g/mol. The van der Waals surface area contributed by atoms with E-state index in [0.717, 1.165) is 17.1 Å². The zero-order valence-electron chi connectivity index (χ0n) is 9.75. The van der Waals surface area contributed by atoms with Crippen LogP contribution >= 0.6 is 0 Å². The summed E-state index contributed by atoms with van der Waals surface area (Å²) in [5.74, 6) is 0.747. The first-order chi connectivity index (χ1) is 8.45. The molecular weight excluding hydrogens is 254 g/mol. The van der Waals surface area contributed by atoms with Crippen molar-refractivity contribution in [3.05, 3.63) is 41.8 Å². The van der Waals surface area contributed by atoms with Crippen LogP contribution in [0.15, 0.2) is 39.8 Å². The number of benzene rings is 1. The summed E-state index contributed by atoms with van der Waals surface area (Å²) in [6.07, 6.45) is 0. The minimum atomic E-state index is -3.64. The Morgan fingerprint density at radius 1 is 1.33 bits per heavy atom. The second-order valence-corrected chi connectivity index (χ2v) is 5.41. The van der Waals surface area contributed by atoms with Gasteiger partial charge in [0, 0.05) is 11.8 Å². The zero-order chi connectivity index (χ0) is 13.2. The van der Waals surface area contributed by atoms with Crippen LogP contribution in [0.2, 0.25) is 0 Å². The van der Waals surface area contributed by atoms with Gasteiger partial charge in [-0.05, 0) is 31.2 Å². The van der Waals surface area contributed by atoms with E-state index in [-0.39, 0.29) is 4.90 Å². The van der Waals surface area contributed by atoms with Gasteiger partial charge in [-0.2, -0.15) is 0 Å². The topological polar surface area (TPSA) is 98.2 Å². The molecule has 0 aliphatic carbocycles. The summed E-state index contributed by atoms with van der Waals surface area (Å²) >= 11 is 0. The van der Waals surface area contributed by atoms with E-state index < -0.39 is 10.0 Å². The standard InChI is InChI=1S/C11H13N3O3S/c1-8-6-10(14-17-8)7-13-9-2-4-11(5-3-9)18(12,15)16/h2-6,13H,7H2,1H3,(H2,12,15,16). The van der Waals surface area contributed by atoms with Gasteiger partial charge in [-0.25, -0.2) is 13.6 Å². The molecule has 0 amide bonds. The number of hydrogen-bond acceptors (Lipinski definition) is 5. The van der Waals surface area contributed by atoms with E-state index in [1.54, 1.807) is 12.1 Å². The van der Waals surface area contributed by atoms with E-state index in [1.165, 1.54) is 12.1 Å². The van der Waals surface area contributed by atoms with Crippen LogP contribution in [-0.4, -0.2) is 13.6 Å². The lowest BCUT2D eigenvalue weighted by Gasteiger charge is -2.04. The summed E-state index contributed by atoms with van der Waals surface area (Å²) in [4.78, 5) is 0.0883. The molecule has 0 unspecified atom stereocenters. The van der Waals surface area contributed by atoms with Crippen molar-refractivity contribution < 1.29 is 12.9 Å². The predicted octanol–water partition coefficient (Wildman–Crippen LogP) is 1.24. The van der Waals surface area contributed by atoms with Gasteiger partial charge in [0.1, 0.15) is 11.5 Å². The molecule has 0 bridgehead atoms. The molecule has 0 saturated carbocycles. The number of rotatable bonds is 4. The number of hydrogen-bond donors (Lipinski definition) is 2. The first kappa shape index (κ1) is 12.6. The molecule has 0 atom stereocenters. The molecular formula is C11H13N3O3S. The van der Waals surface area contributed by atoms with Crippen molar-refractivity contribution in [3.8, 4) is 0 Å². The molecule has 1 aromatic carbocycles. The van der Waals surface area contributed by atoms with Crippen molar-refractivity contribution in [1.82, 2.24) is 5.16 Å². The van der Waals surface area contributed by atoms with Gasteiger partial charge in [-0.3, -0.25) is 0 Å². The molecule has 96 valence electrons. The number of nitrogens with two attached hydrogens (primary N) is 1. The lowest BCUT2D eigenvalue weighted by atomic mass is 10.3. The Labute approximate surface area is 105 Å². The molecule has 7 heteroatoms. The third kappa shape index (κ3) is 3.08. The van der Waals surface area contributed by atoms with Gasteiger partial charge in [0.2, 0.25) is 10.0 Å². The van der Waals surface area contributed by atoms with Crippen molar-refractivity contribution in [1.29, 1.82) is 0 Å². The Morgan fingerprint density at radius 2 is 2.00 bits per heavy atom. The largest absolute Gasteiger partial charge is 0.379 e. The van der Waals surface area contributed by atoms with Crippen molar-refractivity contribution in [2.24, 2.45) is 5.14 Å². The lowest BCUT2D eigenvalue weighted by Crippen LogP contribution is -2.12. The number of aromatic nitrogens is 1. The molecule has 3 N–H and O–H groups in total. The van der Waals surface area contributed by atoms with E-state index in [0.29, 0.717) is 6.54 Å². The third-order valence-corrected chi connectivity index (χ3v) is 3.26. The Hall–Kier alpha value is -1.86. The molecule has 2 rings (SSSR count). The number of primary sulfonamides is 1. The second-order valence-electron chi connectivity index (χ2n) is 3.85. The molecule has 0 fully saturated rings. The highest BCUT2D eigenvalue weighted by Crippen LogP contribution is 2.13. The van der Waals surface area contributed by atoms with Crippen molar-refractivity contribution in [2.45, 2.75) is 18.4 Å². The van der Waals surface area contributed by atoms with Gasteiger partial charge in [0.25, 0.3) is 0 Å². The summed E-state index contributed by atoms with van der Waals surface area (Å²) in [6, 6.07) is 8.02. The highest BCUT2D eigenvalue weighted by atomic mass is 32.2. The Balaban J connectivity index is 2.03. The van der Waals surface area contributed by atoms with E-state index in [9.17, 15) is 8.42 Å². The number of aryl methyl sites for hydroxylation is 1. The number of nitrogens with zero attached hydrogens (tertiary/aromatic N) is 1. The van der Waals surface area contributed by atoms with Crippen LogP contribution in [0.25, 0.3) is 0 Å². The smallest absolute Gasteiger partial charge is 0.238 e. The fourth-order valence-corrected chi connectivity index (χ4v) is 1.97. The molecule has 0 aliphatic rings. The molecule has 6 nitrogen and oxygen atoms in total. The summed E-state index contributed by atoms with van der Waals surface area (Å²) in [5, 5.41) is 11.9. The van der Waals surface area contributed by atoms with Gasteiger partial charge in [-0.1, -0.05) is 5.16 Å². The summed E-state index contributed by atoms with van der Waals surface area (Å²) < 4.78 is 27.1. The first-order valence-corrected chi connectivity index (χ1v) is 6.79. The Bertz CT molecular complexity index is 632. The van der Waals surface area contributed by atoms with Crippen molar-refractivity contribution >= 4 is 15.7 Å². The van der Waals surface area contributed by atoms with Crippen LogP contribution < -0.4 is 10.5 Å². The van der Waals surface area contributed by atoms with E-state index in [4.69, 9.17) is 9.66 Å². The number of sulfonamides is 1. The molecule has 18 heavy (non-hydrogen) atoms. The molecule has 1 aromatic heterocycles. The van der Waals surface area contributed by atoms with Crippen LogP contribution in [0.5, 0.6) is 0 Å². The molecule has 0 spiro atoms. The maximum atomic E-state index is 11.1. The first-order valence-electron chi connectivity index (χ1n) is 5.24. The minimum Gasteiger partial charge on any atom is -0.379 e. The van der Waals surface area contributed by atoms with Crippen LogP contribution in [0.3, 0.4) is 0 Å². The van der Waals surface area contributed by atoms with Gasteiger partial charge >= 0.3 is 0 Å². The summed E-state index contributed by atoms with van der Waals surface area (Å²) in [5.41, 5.74) is 1.56. The maximum Gasteiger partial charge on any atom is 0.238 e. The average Bonchev–Trinajstić information content (AvgIpc) is 2.72. The number of anilines is 1. The van der Waals surface area contributed by atoms with Gasteiger partial charge in [0.05, 0.1) is 11.4 Å². The highest BCUT2D eigenvalue weighted by molar-refractivity contribution is 7.89. The van der Waals surface area contributed by atoms with E-state index in [2.05, 4.69) is 10.5 Å². The Morgan fingerprint density at radius 3 is 2.50 bits per heavy atom. The van der Waals surface area contributed by atoms with Crippen LogP contribution in [0.1, 0.15) is 11.5 Å². The average molecular weight is 267 g/mol. The van der Waals surface area contributed by atoms with Crippen LogP contribution in [-0.2, 0) is 16.6 Å². The predicted molar refractivity (Wildman–Crippen MR) is 66.4 cm³/mol. The van der Waals surface area contributed by atoms with Crippen LogP contribution in [0.4, 0.5) is 5.69 Å². The summed E-state index contributed by atoms with van der Waals surface area (Å²) in [6.45, 7) is 2.32. The molecule has 0 aliphatic heterocycles. The normalized spacial score (nSPS) is 11.4. The van der Waals surface area contributed by atoms with Crippen molar-refractivity contribution in [2.75, 3.05) is 5.32 Å². The maximum absolute atomic E-state index is 11.1. The van der Waals surface area contributed by atoms with Gasteiger partial charge < -0.3 is 9.84 Å². The second kappa shape index (κ2) is 4.79. The molecule has 2 aromatic rings. The molecule has 0 radical (unpaired) electrons. The fourth-order valence-electron chi connectivity index (χ4n) is 1.46. The molecule has 0 saturated heterocycles. The van der Waals surface area contributed by atoms with Crippen LogP contribution in [0, 0.1) is 6.92 Å². The number of nitrogens with one attached hydrogen (secondary N) is 1. The zero-order valence-corrected chi connectivity index (χ0v) is 10.6. The fraction of sp³-hybridized carbons (Fsp3) is 0.182. The van der Waals surface area contributed by atoms with Crippen molar-refractivity contribution in [3.63, 3.8) is 0 Å². The quantitative estimate of drug-likeness (QED) is 0.868. The summed E-state index contributed by atoms with van der Waals surface area (Å²) in [7, 11) is -3.64. The molecule has 1 heterocycles.